The molecule has 4 rings (SSSR count). The Hall–Kier alpha value is -2.73. The summed E-state index contributed by atoms with van der Waals surface area (Å²) in [6.07, 6.45) is 2.53. The van der Waals surface area contributed by atoms with Gasteiger partial charge in [0.25, 0.3) is 0 Å². The van der Waals surface area contributed by atoms with Crippen LogP contribution < -0.4 is 19.9 Å². The van der Waals surface area contributed by atoms with Crippen molar-refractivity contribution in [3.8, 4) is 5.75 Å². The van der Waals surface area contributed by atoms with Gasteiger partial charge in [-0.2, -0.15) is 0 Å². The Morgan fingerprint density at radius 3 is 2.28 bits per heavy atom. The number of anilines is 3. The molecule has 0 saturated carbocycles. The molecule has 6 nitrogen and oxygen atoms in total. The molecule has 1 N–H and O–H groups in total. The van der Waals surface area contributed by atoms with Gasteiger partial charge in [-0.3, -0.25) is 9.69 Å². The lowest BCUT2D eigenvalue weighted by molar-refractivity contribution is -0.117. The lowest BCUT2D eigenvalue weighted by atomic mass is 10.2. The maximum atomic E-state index is 12.5. The Morgan fingerprint density at radius 2 is 1.59 bits per heavy atom. The number of carbonyl (C=O) groups excluding carboxylic acids is 1. The number of rotatable bonds is 6. The average Bonchev–Trinajstić information content (AvgIpc) is 3.30. The number of ether oxygens (including phenoxy) is 1. The lowest BCUT2D eigenvalue weighted by Gasteiger charge is -2.36. The molecule has 0 atom stereocenters. The number of carbonyl (C=O) groups is 1. The molecule has 2 aromatic carbocycles. The Kier molecular flexibility index (Phi) is 6.20. The quantitative estimate of drug-likeness (QED) is 0.816. The SMILES string of the molecule is COc1ccccc1N1CCN(CC(=O)Nc2ccc(N3CCCC3)cc2)CC1. The number of hydrogen-bond acceptors (Lipinski definition) is 5. The molecule has 0 bridgehead atoms. The summed E-state index contributed by atoms with van der Waals surface area (Å²) >= 11 is 0. The highest BCUT2D eigenvalue weighted by atomic mass is 16.5. The summed E-state index contributed by atoms with van der Waals surface area (Å²) in [7, 11) is 1.71. The van der Waals surface area contributed by atoms with E-state index < -0.39 is 0 Å². The van der Waals surface area contributed by atoms with Gasteiger partial charge in [0.2, 0.25) is 5.91 Å². The first-order chi connectivity index (χ1) is 14.2. The molecule has 0 radical (unpaired) electrons. The highest BCUT2D eigenvalue weighted by Crippen LogP contribution is 2.28. The molecule has 29 heavy (non-hydrogen) atoms. The second-order valence-corrected chi connectivity index (χ2v) is 7.72. The van der Waals surface area contributed by atoms with Gasteiger partial charge in [-0.05, 0) is 49.2 Å². The average molecular weight is 395 g/mol. The van der Waals surface area contributed by atoms with Crippen LogP contribution in [-0.4, -0.2) is 63.7 Å². The summed E-state index contributed by atoms with van der Waals surface area (Å²) in [4.78, 5) is 19.4. The van der Waals surface area contributed by atoms with Crippen molar-refractivity contribution in [1.29, 1.82) is 0 Å². The molecule has 2 aliphatic heterocycles. The van der Waals surface area contributed by atoms with Crippen molar-refractivity contribution in [3.05, 3.63) is 48.5 Å². The summed E-state index contributed by atoms with van der Waals surface area (Å²) in [6, 6.07) is 16.3. The molecule has 2 aromatic rings. The molecule has 0 unspecified atom stereocenters. The molecule has 0 spiro atoms. The van der Waals surface area contributed by atoms with Crippen LogP contribution >= 0.6 is 0 Å². The third kappa shape index (κ3) is 4.82. The van der Waals surface area contributed by atoms with Crippen molar-refractivity contribution in [1.82, 2.24) is 4.90 Å². The van der Waals surface area contributed by atoms with Gasteiger partial charge < -0.3 is 19.9 Å². The maximum absolute atomic E-state index is 12.5. The van der Waals surface area contributed by atoms with Gasteiger partial charge in [-0.15, -0.1) is 0 Å². The first kappa shape index (κ1) is 19.6. The normalized spacial score (nSPS) is 17.4. The topological polar surface area (TPSA) is 48.1 Å². The van der Waals surface area contributed by atoms with Crippen molar-refractivity contribution in [2.75, 3.05) is 68.0 Å². The molecule has 2 heterocycles. The molecule has 154 valence electrons. The summed E-state index contributed by atoms with van der Waals surface area (Å²) in [5.41, 5.74) is 3.23. The monoisotopic (exact) mass is 394 g/mol. The first-order valence-electron chi connectivity index (χ1n) is 10.5. The minimum atomic E-state index is 0.0460. The van der Waals surface area contributed by atoms with Crippen LogP contribution in [0.1, 0.15) is 12.8 Å². The number of para-hydroxylation sites is 2. The summed E-state index contributed by atoms with van der Waals surface area (Å²) < 4.78 is 5.47. The van der Waals surface area contributed by atoms with E-state index in [9.17, 15) is 4.79 Å². The van der Waals surface area contributed by atoms with E-state index in [1.807, 2.05) is 30.3 Å². The van der Waals surface area contributed by atoms with Gasteiger partial charge in [0.1, 0.15) is 5.75 Å². The Labute approximate surface area is 173 Å². The highest BCUT2D eigenvalue weighted by Gasteiger charge is 2.21. The van der Waals surface area contributed by atoms with Crippen LogP contribution in [0.2, 0.25) is 0 Å². The molecule has 0 aliphatic carbocycles. The van der Waals surface area contributed by atoms with Crippen LogP contribution in [0.4, 0.5) is 17.1 Å². The number of methoxy groups -OCH3 is 1. The van der Waals surface area contributed by atoms with E-state index in [0.29, 0.717) is 6.54 Å². The fourth-order valence-corrected chi connectivity index (χ4v) is 4.17. The zero-order chi connectivity index (χ0) is 20.1. The van der Waals surface area contributed by atoms with E-state index in [4.69, 9.17) is 4.74 Å². The van der Waals surface area contributed by atoms with Crippen molar-refractivity contribution >= 4 is 23.0 Å². The number of amides is 1. The van der Waals surface area contributed by atoms with Gasteiger partial charge in [-0.1, -0.05) is 12.1 Å². The largest absolute Gasteiger partial charge is 0.495 e. The first-order valence-corrected chi connectivity index (χ1v) is 10.5. The Balaban J connectivity index is 1.25. The number of piperazine rings is 1. The fraction of sp³-hybridized carbons (Fsp3) is 0.435. The van der Waals surface area contributed by atoms with Crippen LogP contribution in [0.15, 0.2) is 48.5 Å². The lowest BCUT2D eigenvalue weighted by Crippen LogP contribution is -2.48. The summed E-state index contributed by atoms with van der Waals surface area (Å²) in [6.45, 7) is 6.18. The molecule has 6 heteroatoms. The van der Waals surface area contributed by atoms with Crippen LogP contribution in [-0.2, 0) is 4.79 Å². The number of hydrogen-bond donors (Lipinski definition) is 1. The van der Waals surface area contributed by atoms with Gasteiger partial charge in [-0.25, -0.2) is 0 Å². The van der Waals surface area contributed by atoms with Crippen molar-refractivity contribution < 1.29 is 9.53 Å². The third-order valence-corrected chi connectivity index (χ3v) is 5.79. The Morgan fingerprint density at radius 1 is 0.897 bits per heavy atom. The van der Waals surface area contributed by atoms with Crippen LogP contribution in [0, 0.1) is 0 Å². The predicted octanol–water partition coefficient (Wildman–Crippen LogP) is 3.06. The third-order valence-electron chi connectivity index (χ3n) is 5.79. The summed E-state index contributed by atoms with van der Waals surface area (Å²) in [5.74, 6) is 0.945. The minimum absolute atomic E-state index is 0.0460. The van der Waals surface area contributed by atoms with Crippen LogP contribution in [0.3, 0.4) is 0 Å². The van der Waals surface area contributed by atoms with Gasteiger partial charge >= 0.3 is 0 Å². The Bertz CT molecular complexity index is 810. The molecule has 2 saturated heterocycles. The second kappa shape index (κ2) is 9.18. The van der Waals surface area contributed by atoms with Gasteiger partial charge in [0.05, 0.1) is 19.3 Å². The zero-order valence-electron chi connectivity index (χ0n) is 17.1. The summed E-state index contributed by atoms with van der Waals surface area (Å²) in [5, 5.41) is 3.04. The molecule has 2 aliphatic rings. The van der Waals surface area contributed by atoms with Crippen molar-refractivity contribution in [2.24, 2.45) is 0 Å². The number of benzene rings is 2. The van der Waals surface area contributed by atoms with Crippen molar-refractivity contribution in [3.63, 3.8) is 0 Å². The van der Waals surface area contributed by atoms with Gasteiger partial charge in [0.15, 0.2) is 0 Å². The van der Waals surface area contributed by atoms with E-state index in [-0.39, 0.29) is 5.91 Å². The molecular weight excluding hydrogens is 364 g/mol. The number of nitrogens with zero attached hydrogens (tertiary/aromatic N) is 3. The predicted molar refractivity (Wildman–Crippen MR) is 118 cm³/mol. The smallest absolute Gasteiger partial charge is 0.238 e. The van der Waals surface area contributed by atoms with Crippen LogP contribution in [0.5, 0.6) is 5.75 Å². The standard InChI is InChI=1S/C23H30N4O2/c1-29-22-7-3-2-6-21(22)27-16-14-25(15-17-27)18-23(28)24-19-8-10-20(11-9-19)26-12-4-5-13-26/h2-3,6-11H,4-5,12-18H2,1H3,(H,24,28). The van der Waals surface area contributed by atoms with Crippen LogP contribution in [0.25, 0.3) is 0 Å². The molecule has 1 amide bonds. The molecule has 0 aromatic heterocycles. The van der Waals surface area contributed by atoms with E-state index in [0.717, 1.165) is 56.4 Å². The van der Waals surface area contributed by atoms with E-state index in [1.165, 1.54) is 18.5 Å². The number of nitrogens with one attached hydrogen (secondary N) is 1. The van der Waals surface area contributed by atoms with Gasteiger partial charge in [0, 0.05) is 50.6 Å². The second-order valence-electron chi connectivity index (χ2n) is 7.72. The van der Waals surface area contributed by atoms with E-state index in [1.54, 1.807) is 7.11 Å². The van der Waals surface area contributed by atoms with Crippen molar-refractivity contribution in [2.45, 2.75) is 12.8 Å². The van der Waals surface area contributed by atoms with E-state index in [2.05, 4.69) is 38.2 Å². The van der Waals surface area contributed by atoms with E-state index >= 15 is 0 Å². The molecular formula is C23H30N4O2. The highest BCUT2D eigenvalue weighted by molar-refractivity contribution is 5.92. The minimum Gasteiger partial charge on any atom is -0.495 e. The zero-order valence-corrected chi connectivity index (χ0v) is 17.1. The molecule has 2 fully saturated rings. The fourth-order valence-electron chi connectivity index (χ4n) is 4.17. The maximum Gasteiger partial charge on any atom is 0.238 e.